The molecule has 1 amide bonds. The summed E-state index contributed by atoms with van der Waals surface area (Å²) in [6.45, 7) is 6.10. The fourth-order valence-corrected chi connectivity index (χ4v) is 3.40. The van der Waals surface area contributed by atoms with Gasteiger partial charge in [0.15, 0.2) is 0 Å². The Balaban J connectivity index is 1.39. The van der Waals surface area contributed by atoms with Gasteiger partial charge in [-0.1, -0.05) is 30.3 Å². The largest absolute Gasteiger partial charge is 0.376 e. The van der Waals surface area contributed by atoms with Crippen LogP contribution in [0.15, 0.2) is 47.1 Å². The standard InChI is InChI=1S/C20H22N4O3/c1-14-12-24(8-9-26-14)13-16-5-2-4-15(10-16)11-21-20(25)17-6-3-7-18-19(17)23-27-22-18/h2-7,10,14H,8-9,11-13H2,1H3,(H,21,25). The fourth-order valence-electron chi connectivity index (χ4n) is 3.40. The lowest BCUT2D eigenvalue weighted by Crippen LogP contribution is -2.40. The number of aromatic nitrogens is 2. The molecule has 1 aliphatic heterocycles. The molecule has 0 spiro atoms. The summed E-state index contributed by atoms with van der Waals surface area (Å²) < 4.78 is 10.3. The van der Waals surface area contributed by atoms with Gasteiger partial charge < -0.3 is 10.1 Å². The minimum atomic E-state index is -0.191. The van der Waals surface area contributed by atoms with Crippen LogP contribution in [0, 0.1) is 0 Å². The molecule has 3 aromatic rings. The number of ether oxygens (including phenoxy) is 1. The first-order valence-corrected chi connectivity index (χ1v) is 9.10. The summed E-state index contributed by atoms with van der Waals surface area (Å²) in [5.41, 5.74) is 3.81. The number of nitrogens with one attached hydrogen (secondary N) is 1. The summed E-state index contributed by atoms with van der Waals surface area (Å²) in [4.78, 5) is 14.9. The Morgan fingerprint density at radius 2 is 2.07 bits per heavy atom. The smallest absolute Gasteiger partial charge is 0.253 e. The highest BCUT2D eigenvalue weighted by Gasteiger charge is 2.17. The first kappa shape index (κ1) is 17.6. The molecule has 7 nitrogen and oxygen atoms in total. The quantitative estimate of drug-likeness (QED) is 0.747. The number of morpholine rings is 1. The number of hydrogen-bond acceptors (Lipinski definition) is 6. The number of amides is 1. The van der Waals surface area contributed by atoms with Crippen LogP contribution in [-0.2, 0) is 17.8 Å². The number of nitrogens with zero attached hydrogens (tertiary/aromatic N) is 3. The molecule has 1 atom stereocenters. The Bertz CT molecular complexity index is 940. The van der Waals surface area contributed by atoms with E-state index in [-0.39, 0.29) is 12.0 Å². The highest BCUT2D eigenvalue weighted by atomic mass is 16.6. The third-order valence-corrected chi connectivity index (χ3v) is 4.71. The lowest BCUT2D eigenvalue weighted by Gasteiger charge is -2.31. The zero-order chi connectivity index (χ0) is 18.6. The minimum Gasteiger partial charge on any atom is -0.376 e. The second-order valence-electron chi connectivity index (χ2n) is 6.86. The number of hydrogen-bond donors (Lipinski definition) is 1. The van der Waals surface area contributed by atoms with Crippen LogP contribution < -0.4 is 5.32 Å². The van der Waals surface area contributed by atoms with Crippen LogP contribution in [0.4, 0.5) is 0 Å². The maximum Gasteiger partial charge on any atom is 0.253 e. The zero-order valence-corrected chi connectivity index (χ0v) is 15.2. The molecule has 1 N–H and O–H groups in total. The second kappa shape index (κ2) is 7.85. The predicted molar refractivity (Wildman–Crippen MR) is 100 cm³/mol. The van der Waals surface area contributed by atoms with E-state index in [1.807, 2.05) is 12.1 Å². The van der Waals surface area contributed by atoms with Gasteiger partial charge in [0, 0.05) is 26.2 Å². The molecule has 2 aromatic carbocycles. The maximum atomic E-state index is 12.5. The summed E-state index contributed by atoms with van der Waals surface area (Å²) in [6.07, 6.45) is 0.273. The van der Waals surface area contributed by atoms with Gasteiger partial charge in [0.05, 0.1) is 18.3 Å². The highest BCUT2D eigenvalue weighted by molar-refractivity contribution is 6.04. The van der Waals surface area contributed by atoms with Gasteiger partial charge in [0.25, 0.3) is 5.91 Å². The van der Waals surface area contributed by atoms with E-state index in [0.29, 0.717) is 23.1 Å². The van der Waals surface area contributed by atoms with E-state index in [2.05, 4.69) is 39.6 Å². The average molecular weight is 366 g/mol. The van der Waals surface area contributed by atoms with E-state index < -0.39 is 0 Å². The molecule has 1 fully saturated rings. The zero-order valence-electron chi connectivity index (χ0n) is 15.2. The molecule has 140 valence electrons. The van der Waals surface area contributed by atoms with E-state index >= 15 is 0 Å². The molecule has 2 heterocycles. The average Bonchev–Trinajstić information content (AvgIpc) is 3.15. The molecule has 1 aliphatic rings. The lowest BCUT2D eigenvalue weighted by atomic mass is 10.1. The Morgan fingerprint density at radius 3 is 2.96 bits per heavy atom. The van der Waals surface area contributed by atoms with Gasteiger partial charge in [-0.05, 0) is 40.5 Å². The summed E-state index contributed by atoms with van der Waals surface area (Å²) in [6, 6.07) is 13.6. The van der Waals surface area contributed by atoms with E-state index in [1.165, 1.54) is 5.56 Å². The second-order valence-corrected chi connectivity index (χ2v) is 6.86. The van der Waals surface area contributed by atoms with Crippen LogP contribution >= 0.6 is 0 Å². The summed E-state index contributed by atoms with van der Waals surface area (Å²) >= 11 is 0. The van der Waals surface area contributed by atoms with Crippen LogP contribution in [0.25, 0.3) is 11.0 Å². The van der Waals surface area contributed by atoms with Crippen molar-refractivity contribution in [2.75, 3.05) is 19.7 Å². The molecular formula is C20H22N4O3. The van der Waals surface area contributed by atoms with Crippen LogP contribution in [0.3, 0.4) is 0 Å². The van der Waals surface area contributed by atoms with Crippen molar-refractivity contribution in [3.63, 3.8) is 0 Å². The normalized spacial score (nSPS) is 17.9. The predicted octanol–water partition coefficient (Wildman–Crippen LogP) is 2.37. The molecule has 1 unspecified atom stereocenters. The van der Waals surface area contributed by atoms with Crippen molar-refractivity contribution >= 4 is 16.9 Å². The van der Waals surface area contributed by atoms with Gasteiger partial charge in [-0.15, -0.1) is 0 Å². The summed E-state index contributed by atoms with van der Waals surface area (Å²) in [5.74, 6) is -0.191. The van der Waals surface area contributed by atoms with Gasteiger partial charge in [-0.25, -0.2) is 4.63 Å². The highest BCUT2D eigenvalue weighted by Crippen LogP contribution is 2.15. The first-order chi connectivity index (χ1) is 13.2. The third kappa shape index (κ3) is 4.15. The molecule has 0 saturated carbocycles. The number of rotatable bonds is 5. The van der Waals surface area contributed by atoms with Crippen LogP contribution in [-0.4, -0.2) is 46.9 Å². The molecule has 27 heavy (non-hydrogen) atoms. The minimum absolute atomic E-state index is 0.191. The maximum absolute atomic E-state index is 12.5. The van der Waals surface area contributed by atoms with Crippen LogP contribution in [0.5, 0.6) is 0 Å². The van der Waals surface area contributed by atoms with E-state index in [4.69, 9.17) is 9.37 Å². The first-order valence-electron chi connectivity index (χ1n) is 9.10. The molecule has 1 saturated heterocycles. The van der Waals surface area contributed by atoms with Crippen molar-refractivity contribution in [3.05, 3.63) is 59.2 Å². The van der Waals surface area contributed by atoms with Gasteiger partial charge in [-0.2, -0.15) is 0 Å². The van der Waals surface area contributed by atoms with Crippen molar-refractivity contribution in [2.24, 2.45) is 0 Å². The number of carbonyl (C=O) groups excluding carboxylic acids is 1. The van der Waals surface area contributed by atoms with E-state index in [9.17, 15) is 4.79 Å². The van der Waals surface area contributed by atoms with Crippen LogP contribution in [0.2, 0.25) is 0 Å². The monoisotopic (exact) mass is 366 g/mol. The number of fused-ring (bicyclic) bond motifs is 1. The molecule has 1 aromatic heterocycles. The van der Waals surface area contributed by atoms with Crippen molar-refractivity contribution in [1.82, 2.24) is 20.5 Å². The summed E-state index contributed by atoms with van der Waals surface area (Å²) in [5, 5.41) is 10.5. The van der Waals surface area contributed by atoms with E-state index in [0.717, 1.165) is 31.8 Å². The SMILES string of the molecule is CC1CN(Cc2cccc(CNC(=O)c3cccc4nonc34)c2)CCO1. The van der Waals surface area contributed by atoms with Crippen molar-refractivity contribution in [3.8, 4) is 0 Å². The number of carbonyl (C=O) groups is 1. The van der Waals surface area contributed by atoms with Gasteiger partial charge in [0.2, 0.25) is 0 Å². The van der Waals surface area contributed by atoms with Crippen molar-refractivity contribution in [1.29, 1.82) is 0 Å². The fraction of sp³-hybridized carbons (Fsp3) is 0.350. The van der Waals surface area contributed by atoms with Gasteiger partial charge in [-0.3, -0.25) is 9.69 Å². The molecule has 0 aliphatic carbocycles. The Morgan fingerprint density at radius 1 is 1.22 bits per heavy atom. The van der Waals surface area contributed by atoms with Gasteiger partial charge >= 0.3 is 0 Å². The van der Waals surface area contributed by atoms with Crippen molar-refractivity contribution in [2.45, 2.75) is 26.1 Å². The Hall–Kier alpha value is -2.77. The summed E-state index contributed by atoms with van der Waals surface area (Å²) in [7, 11) is 0. The number of benzene rings is 2. The Labute approximate surface area is 157 Å². The van der Waals surface area contributed by atoms with E-state index in [1.54, 1.807) is 18.2 Å². The molecule has 4 rings (SSSR count). The molecule has 0 radical (unpaired) electrons. The molecule has 0 bridgehead atoms. The molecule has 7 heteroatoms. The molecular weight excluding hydrogens is 344 g/mol. The topological polar surface area (TPSA) is 80.5 Å². The lowest BCUT2D eigenvalue weighted by molar-refractivity contribution is -0.0212. The third-order valence-electron chi connectivity index (χ3n) is 4.71. The Kier molecular flexibility index (Phi) is 5.13. The van der Waals surface area contributed by atoms with Crippen LogP contribution in [0.1, 0.15) is 28.4 Å². The van der Waals surface area contributed by atoms with Crippen molar-refractivity contribution < 1.29 is 14.2 Å². The van der Waals surface area contributed by atoms with Gasteiger partial charge in [0.1, 0.15) is 11.0 Å².